The van der Waals surface area contributed by atoms with Gasteiger partial charge in [0, 0.05) is 13.0 Å². The molecule has 7 heteroatoms. The van der Waals surface area contributed by atoms with Crippen LogP contribution in [0.1, 0.15) is 28.2 Å². The summed E-state index contributed by atoms with van der Waals surface area (Å²) in [6, 6.07) is 9.88. The van der Waals surface area contributed by atoms with Crippen molar-refractivity contribution in [1.82, 2.24) is 9.55 Å². The Hall–Kier alpha value is -2.67. The summed E-state index contributed by atoms with van der Waals surface area (Å²) in [6.45, 7) is 1.35. The number of aromatic nitrogens is 2. The van der Waals surface area contributed by atoms with Crippen LogP contribution in [0.5, 0.6) is 0 Å². The minimum atomic E-state index is -0.407. The molecule has 2 heterocycles. The predicted molar refractivity (Wildman–Crippen MR) is 100 cm³/mol. The van der Waals surface area contributed by atoms with E-state index in [2.05, 4.69) is 4.98 Å². The van der Waals surface area contributed by atoms with Crippen LogP contribution in [0, 0.1) is 5.82 Å². The minimum Gasteiger partial charge on any atom is -0.465 e. The number of halogens is 1. The van der Waals surface area contributed by atoms with Crippen LogP contribution in [-0.2, 0) is 22.4 Å². The van der Waals surface area contributed by atoms with E-state index in [1.54, 1.807) is 30.3 Å². The Morgan fingerprint density at radius 2 is 2.19 bits per heavy atom. The number of imidazole rings is 1. The molecule has 1 aliphatic rings. The van der Waals surface area contributed by atoms with Gasteiger partial charge in [0.05, 0.1) is 36.4 Å². The predicted octanol–water partition coefficient (Wildman–Crippen LogP) is 2.14. The molecule has 0 N–H and O–H groups in total. The molecule has 0 aliphatic carbocycles. The van der Waals surface area contributed by atoms with Gasteiger partial charge in [0.1, 0.15) is 19.5 Å². The molecule has 1 unspecified atom stereocenters. The third-order valence-corrected chi connectivity index (χ3v) is 4.85. The molecule has 4 rings (SSSR count). The lowest BCUT2D eigenvalue weighted by Gasteiger charge is -2.27. The van der Waals surface area contributed by atoms with Crippen LogP contribution in [0.3, 0.4) is 0 Å². The highest BCUT2D eigenvalue weighted by molar-refractivity contribution is 6.32. The maximum Gasteiger partial charge on any atom is 0.337 e. The van der Waals surface area contributed by atoms with E-state index in [0.29, 0.717) is 35.4 Å². The van der Waals surface area contributed by atoms with Gasteiger partial charge in [-0.25, -0.2) is 14.2 Å². The minimum absolute atomic E-state index is 0.0965. The number of fused-ring (bicyclic) bond motifs is 1. The van der Waals surface area contributed by atoms with E-state index in [-0.39, 0.29) is 11.9 Å². The Morgan fingerprint density at radius 1 is 1.37 bits per heavy atom. The second-order valence-electron chi connectivity index (χ2n) is 6.64. The van der Waals surface area contributed by atoms with Gasteiger partial charge in [0.15, 0.2) is 0 Å². The molecule has 0 saturated carbocycles. The normalized spacial score (nSPS) is 16.3. The van der Waals surface area contributed by atoms with E-state index < -0.39 is 5.97 Å². The summed E-state index contributed by atoms with van der Waals surface area (Å²) in [6.07, 6.45) is 1.38. The van der Waals surface area contributed by atoms with Gasteiger partial charge in [0.2, 0.25) is 0 Å². The smallest absolute Gasteiger partial charge is 0.337 e. The fourth-order valence-corrected chi connectivity index (χ4v) is 3.27. The Balaban J connectivity index is 1.77. The number of methoxy groups -OCH3 is 1. The van der Waals surface area contributed by atoms with Crippen molar-refractivity contribution in [2.45, 2.75) is 25.5 Å². The van der Waals surface area contributed by atoms with E-state index in [4.69, 9.17) is 17.3 Å². The molecule has 1 aromatic heterocycles. The monoisotopic (exact) mass is 364 g/mol. The number of hydrogen-bond acceptors (Lipinski definition) is 4. The Kier molecular flexibility index (Phi) is 4.70. The van der Waals surface area contributed by atoms with Gasteiger partial charge < -0.3 is 14.0 Å². The van der Waals surface area contributed by atoms with Crippen molar-refractivity contribution in [1.29, 1.82) is 0 Å². The van der Waals surface area contributed by atoms with Gasteiger partial charge in [-0.05, 0) is 36.2 Å². The zero-order valence-corrected chi connectivity index (χ0v) is 14.9. The van der Waals surface area contributed by atoms with Crippen LogP contribution < -0.4 is 5.46 Å². The summed E-state index contributed by atoms with van der Waals surface area (Å²) in [5.41, 5.74) is 2.90. The number of nitrogens with zero attached hydrogens (tertiary/aromatic N) is 2. The third-order valence-electron chi connectivity index (χ3n) is 4.85. The number of hydrogen-bond donors (Lipinski definition) is 0. The lowest BCUT2D eigenvalue weighted by molar-refractivity contribution is -0.0589. The highest BCUT2D eigenvalue weighted by Gasteiger charge is 2.23. The van der Waals surface area contributed by atoms with Crippen LogP contribution in [0.15, 0.2) is 36.4 Å². The van der Waals surface area contributed by atoms with Gasteiger partial charge in [-0.1, -0.05) is 17.6 Å². The third kappa shape index (κ3) is 3.47. The molecule has 3 aromatic rings. The zero-order chi connectivity index (χ0) is 19.0. The molecular formula is C20H18BFN2O3. The largest absolute Gasteiger partial charge is 0.465 e. The molecule has 1 saturated heterocycles. The lowest BCUT2D eigenvalue weighted by atomic mass is 9.94. The number of rotatable bonds is 5. The quantitative estimate of drug-likeness (QED) is 0.514. The first kappa shape index (κ1) is 17.7. The fourth-order valence-electron chi connectivity index (χ4n) is 3.27. The van der Waals surface area contributed by atoms with Gasteiger partial charge >= 0.3 is 5.97 Å². The highest BCUT2D eigenvalue weighted by atomic mass is 19.1. The molecular weight excluding hydrogens is 346 g/mol. The molecule has 2 radical (unpaired) electrons. The maximum absolute atomic E-state index is 14.3. The van der Waals surface area contributed by atoms with E-state index >= 15 is 0 Å². The average Bonchev–Trinajstić information content (AvgIpc) is 2.96. The van der Waals surface area contributed by atoms with E-state index in [0.717, 1.165) is 24.1 Å². The van der Waals surface area contributed by atoms with Crippen molar-refractivity contribution in [2.24, 2.45) is 0 Å². The van der Waals surface area contributed by atoms with Crippen molar-refractivity contribution in [3.05, 3.63) is 59.2 Å². The fraction of sp³-hybridized carbons (Fsp3) is 0.300. The van der Waals surface area contributed by atoms with Gasteiger partial charge in [-0.2, -0.15) is 0 Å². The van der Waals surface area contributed by atoms with Crippen molar-refractivity contribution in [3.63, 3.8) is 0 Å². The SMILES string of the molecule is [B]c1ccc(Cc2nc3ccc(C(=O)OC)cc3n2CC2CCO2)c(F)c1. The Bertz CT molecular complexity index is 1010. The van der Waals surface area contributed by atoms with Gasteiger partial charge in [-0.3, -0.25) is 0 Å². The molecule has 2 aromatic carbocycles. The van der Waals surface area contributed by atoms with Crippen LogP contribution in [-0.4, -0.2) is 43.2 Å². The summed E-state index contributed by atoms with van der Waals surface area (Å²) < 4.78 is 26.7. The molecule has 27 heavy (non-hydrogen) atoms. The van der Waals surface area contributed by atoms with Gasteiger partial charge in [0.25, 0.3) is 0 Å². The Labute approximate surface area is 157 Å². The van der Waals surface area contributed by atoms with E-state index in [1.807, 2.05) is 4.57 Å². The second-order valence-corrected chi connectivity index (χ2v) is 6.64. The summed E-state index contributed by atoms with van der Waals surface area (Å²) in [5.74, 6) is -0.0504. The number of ether oxygens (including phenoxy) is 2. The first-order chi connectivity index (χ1) is 13.0. The molecule has 0 amide bonds. The number of carbonyl (C=O) groups excluding carboxylic acids is 1. The number of benzene rings is 2. The topological polar surface area (TPSA) is 53.3 Å². The van der Waals surface area contributed by atoms with E-state index in [1.165, 1.54) is 13.2 Å². The maximum atomic E-state index is 14.3. The summed E-state index contributed by atoms with van der Waals surface area (Å²) in [5, 5.41) is 0. The number of esters is 1. The van der Waals surface area contributed by atoms with Crippen LogP contribution in [0.25, 0.3) is 11.0 Å². The summed E-state index contributed by atoms with van der Waals surface area (Å²) >= 11 is 0. The Morgan fingerprint density at radius 3 is 2.85 bits per heavy atom. The van der Waals surface area contributed by atoms with Crippen molar-refractivity contribution in [3.8, 4) is 0 Å². The number of carbonyl (C=O) groups is 1. The van der Waals surface area contributed by atoms with Crippen LogP contribution in [0.2, 0.25) is 0 Å². The van der Waals surface area contributed by atoms with Gasteiger partial charge in [-0.15, -0.1) is 0 Å². The first-order valence-electron chi connectivity index (χ1n) is 8.78. The summed E-state index contributed by atoms with van der Waals surface area (Å²) in [4.78, 5) is 16.6. The lowest BCUT2D eigenvalue weighted by Crippen LogP contribution is -2.31. The molecule has 0 bridgehead atoms. The standard InChI is InChI=1S/C20H18BFN2O3/c1-26-20(25)13-3-5-17-18(8-13)24(11-15-6-7-27-15)19(23-17)9-12-2-4-14(21)10-16(12)22/h2-5,8,10,15H,6-7,9,11H2,1H3. The van der Waals surface area contributed by atoms with Crippen LogP contribution in [0.4, 0.5) is 4.39 Å². The molecule has 1 fully saturated rings. The molecule has 1 aliphatic heterocycles. The first-order valence-corrected chi connectivity index (χ1v) is 8.78. The van der Waals surface area contributed by atoms with E-state index in [9.17, 15) is 9.18 Å². The average molecular weight is 364 g/mol. The molecule has 0 spiro atoms. The summed E-state index contributed by atoms with van der Waals surface area (Å²) in [7, 11) is 6.99. The van der Waals surface area contributed by atoms with Crippen molar-refractivity contribution < 1.29 is 18.7 Å². The van der Waals surface area contributed by atoms with Crippen LogP contribution >= 0.6 is 0 Å². The highest BCUT2D eigenvalue weighted by Crippen LogP contribution is 2.24. The molecule has 5 nitrogen and oxygen atoms in total. The second kappa shape index (κ2) is 7.16. The molecule has 136 valence electrons. The zero-order valence-electron chi connectivity index (χ0n) is 14.9. The van der Waals surface area contributed by atoms with Crippen molar-refractivity contribution >= 4 is 30.3 Å². The van der Waals surface area contributed by atoms with Crippen molar-refractivity contribution in [2.75, 3.05) is 13.7 Å². The molecule has 1 atom stereocenters.